The van der Waals surface area contributed by atoms with Crippen molar-refractivity contribution in [2.24, 2.45) is 0 Å². The molecule has 2 aromatic carbocycles. The minimum absolute atomic E-state index is 0.0605. The van der Waals surface area contributed by atoms with Crippen molar-refractivity contribution in [2.75, 3.05) is 22.7 Å². The van der Waals surface area contributed by atoms with Gasteiger partial charge >= 0.3 is 0 Å². The van der Waals surface area contributed by atoms with E-state index in [2.05, 4.69) is 28.8 Å². The highest BCUT2D eigenvalue weighted by atomic mass is 32.2. The predicted octanol–water partition coefficient (Wildman–Crippen LogP) is 4.38. The standard InChI is InChI=1S/C23H26FN3O3S/c1-15-10-18(19-8-9-30-14-19)4-7-23(15)31(28,29)26-22-11-20(5-6-21(22)24)27-12-16(2)25-17(3)13-27/h4-11,14,16-17,25-26H,12-13H2,1-3H3/t16-,17+. The van der Waals surface area contributed by atoms with E-state index in [0.717, 1.165) is 29.9 Å². The summed E-state index contributed by atoms with van der Waals surface area (Å²) in [6, 6.07) is 11.9. The zero-order valence-corrected chi connectivity index (χ0v) is 18.5. The zero-order valence-electron chi connectivity index (χ0n) is 17.7. The Hall–Kier alpha value is -2.84. The van der Waals surface area contributed by atoms with Crippen molar-refractivity contribution in [1.82, 2.24) is 5.32 Å². The van der Waals surface area contributed by atoms with Crippen LogP contribution in [-0.2, 0) is 10.0 Å². The third-order valence-corrected chi connectivity index (χ3v) is 6.96. The first kappa shape index (κ1) is 21.4. The van der Waals surface area contributed by atoms with Crippen LogP contribution in [0.15, 0.2) is 64.3 Å². The van der Waals surface area contributed by atoms with Crippen molar-refractivity contribution in [3.8, 4) is 11.1 Å². The normalized spacial score (nSPS) is 19.4. The molecular weight excluding hydrogens is 417 g/mol. The molecule has 2 heterocycles. The van der Waals surface area contributed by atoms with Gasteiger partial charge in [0.05, 0.1) is 23.1 Å². The molecular formula is C23H26FN3O3S. The minimum atomic E-state index is -3.97. The molecule has 1 aliphatic heterocycles. The maximum atomic E-state index is 14.5. The average Bonchev–Trinajstić information content (AvgIpc) is 3.23. The summed E-state index contributed by atoms with van der Waals surface area (Å²) in [5.41, 5.74) is 2.99. The monoisotopic (exact) mass is 443 g/mol. The first-order valence-electron chi connectivity index (χ1n) is 10.2. The maximum Gasteiger partial charge on any atom is 0.262 e. The number of sulfonamides is 1. The molecule has 6 nitrogen and oxygen atoms in total. The Morgan fingerprint density at radius 3 is 2.45 bits per heavy atom. The topological polar surface area (TPSA) is 74.6 Å². The maximum absolute atomic E-state index is 14.5. The van der Waals surface area contributed by atoms with Crippen LogP contribution >= 0.6 is 0 Å². The van der Waals surface area contributed by atoms with Gasteiger partial charge in [0.25, 0.3) is 10.0 Å². The number of hydrogen-bond donors (Lipinski definition) is 2. The number of rotatable bonds is 5. The summed E-state index contributed by atoms with van der Waals surface area (Å²) in [4.78, 5) is 2.24. The van der Waals surface area contributed by atoms with Crippen LogP contribution < -0.4 is 14.9 Å². The summed E-state index contributed by atoms with van der Waals surface area (Å²) in [7, 11) is -3.97. The fourth-order valence-corrected chi connectivity index (χ4v) is 5.37. The molecule has 1 aromatic heterocycles. The molecule has 0 amide bonds. The Labute approximate surface area is 182 Å². The molecule has 0 bridgehead atoms. The molecule has 0 saturated carbocycles. The Balaban J connectivity index is 1.61. The Morgan fingerprint density at radius 1 is 1.06 bits per heavy atom. The molecule has 0 unspecified atom stereocenters. The van der Waals surface area contributed by atoms with Crippen molar-refractivity contribution in [3.05, 3.63) is 66.4 Å². The number of nitrogens with one attached hydrogen (secondary N) is 2. The number of aryl methyl sites for hydroxylation is 1. The molecule has 1 fully saturated rings. The molecule has 1 saturated heterocycles. The fourth-order valence-electron chi connectivity index (χ4n) is 4.08. The van der Waals surface area contributed by atoms with E-state index < -0.39 is 15.8 Å². The van der Waals surface area contributed by atoms with Crippen LogP contribution in [0, 0.1) is 12.7 Å². The van der Waals surface area contributed by atoms with E-state index in [-0.39, 0.29) is 22.7 Å². The van der Waals surface area contributed by atoms with Crippen LogP contribution in [-0.4, -0.2) is 33.6 Å². The van der Waals surface area contributed by atoms with Crippen LogP contribution in [0.1, 0.15) is 19.4 Å². The van der Waals surface area contributed by atoms with Crippen LogP contribution in [0.4, 0.5) is 15.8 Å². The smallest absolute Gasteiger partial charge is 0.262 e. The second-order valence-corrected chi connectivity index (χ2v) is 9.79. The molecule has 8 heteroatoms. The highest BCUT2D eigenvalue weighted by Gasteiger charge is 2.23. The highest BCUT2D eigenvalue weighted by molar-refractivity contribution is 7.92. The van der Waals surface area contributed by atoms with Crippen LogP contribution in [0.5, 0.6) is 0 Å². The van der Waals surface area contributed by atoms with Gasteiger partial charge in [0, 0.05) is 36.4 Å². The van der Waals surface area contributed by atoms with E-state index in [1.807, 2.05) is 0 Å². The van der Waals surface area contributed by atoms with E-state index in [0.29, 0.717) is 5.56 Å². The fraction of sp³-hybridized carbons (Fsp3) is 0.304. The third-order valence-electron chi connectivity index (χ3n) is 5.44. The van der Waals surface area contributed by atoms with Gasteiger partial charge in [0.2, 0.25) is 0 Å². The molecule has 31 heavy (non-hydrogen) atoms. The van der Waals surface area contributed by atoms with Crippen molar-refractivity contribution >= 4 is 21.4 Å². The molecule has 2 N–H and O–H groups in total. The van der Waals surface area contributed by atoms with E-state index in [4.69, 9.17) is 4.42 Å². The number of furan rings is 1. The molecule has 2 atom stereocenters. The summed E-state index contributed by atoms with van der Waals surface area (Å²) in [6.45, 7) is 7.42. The molecule has 0 radical (unpaired) electrons. The first-order valence-corrected chi connectivity index (χ1v) is 11.7. The summed E-state index contributed by atoms with van der Waals surface area (Å²) < 4.78 is 48.1. The van der Waals surface area contributed by atoms with Crippen LogP contribution in [0.3, 0.4) is 0 Å². The van der Waals surface area contributed by atoms with Gasteiger partial charge in [-0.15, -0.1) is 0 Å². The molecule has 1 aliphatic rings. The lowest BCUT2D eigenvalue weighted by Crippen LogP contribution is -2.54. The van der Waals surface area contributed by atoms with Crippen molar-refractivity contribution in [3.63, 3.8) is 0 Å². The van der Waals surface area contributed by atoms with Gasteiger partial charge in [0.1, 0.15) is 5.82 Å². The number of benzene rings is 2. The lowest BCUT2D eigenvalue weighted by Gasteiger charge is -2.37. The van der Waals surface area contributed by atoms with Crippen molar-refractivity contribution in [2.45, 2.75) is 37.8 Å². The highest BCUT2D eigenvalue weighted by Crippen LogP contribution is 2.29. The second kappa shape index (κ2) is 8.36. The lowest BCUT2D eigenvalue weighted by atomic mass is 10.1. The Morgan fingerprint density at radius 2 is 1.81 bits per heavy atom. The number of nitrogens with zero attached hydrogens (tertiary/aromatic N) is 1. The van der Waals surface area contributed by atoms with Gasteiger partial charge in [-0.05, 0) is 68.3 Å². The van der Waals surface area contributed by atoms with E-state index in [1.165, 1.54) is 12.1 Å². The summed E-state index contributed by atoms with van der Waals surface area (Å²) in [6.07, 6.45) is 3.16. The number of hydrogen-bond acceptors (Lipinski definition) is 5. The largest absolute Gasteiger partial charge is 0.472 e. The Kier molecular flexibility index (Phi) is 5.77. The predicted molar refractivity (Wildman–Crippen MR) is 120 cm³/mol. The second-order valence-electron chi connectivity index (χ2n) is 8.14. The summed E-state index contributed by atoms with van der Waals surface area (Å²) in [5, 5.41) is 3.45. The van der Waals surface area contributed by atoms with Crippen molar-refractivity contribution < 1.29 is 17.2 Å². The SMILES string of the molecule is Cc1cc(-c2ccoc2)ccc1S(=O)(=O)Nc1cc(N2C[C@@H](C)N[C@@H](C)C2)ccc1F. The number of anilines is 2. The molecule has 0 aliphatic carbocycles. The number of piperazine rings is 1. The minimum Gasteiger partial charge on any atom is -0.472 e. The van der Waals surface area contributed by atoms with E-state index in [9.17, 15) is 12.8 Å². The summed E-state index contributed by atoms with van der Waals surface area (Å²) >= 11 is 0. The van der Waals surface area contributed by atoms with Gasteiger partial charge in [0.15, 0.2) is 0 Å². The van der Waals surface area contributed by atoms with E-state index in [1.54, 1.807) is 49.8 Å². The van der Waals surface area contributed by atoms with Gasteiger partial charge in [-0.3, -0.25) is 4.72 Å². The lowest BCUT2D eigenvalue weighted by molar-refractivity contribution is 0.407. The quantitative estimate of drug-likeness (QED) is 0.612. The first-order chi connectivity index (χ1) is 14.7. The van der Waals surface area contributed by atoms with Crippen LogP contribution in [0.25, 0.3) is 11.1 Å². The van der Waals surface area contributed by atoms with Gasteiger partial charge in [-0.2, -0.15) is 0 Å². The Bertz CT molecular complexity index is 1170. The zero-order chi connectivity index (χ0) is 22.2. The molecule has 4 rings (SSSR count). The number of halogens is 1. The van der Waals surface area contributed by atoms with Gasteiger partial charge < -0.3 is 14.6 Å². The third kappa shape index (κ3) is 4.60. The van der Waals surface area contributed by atoms with E-state index >= 15 is 0 Å². The average molecular weight is 444 g/mol. The summed E-state index contributed by atoms with van der Waals surface area (Å²) in [5.74, 6) is -0.615. The molecule has 164 valence electrons. The molecule has 3 aromatic rings. The van der Waals surface area contributed by atoms with Gasteiger partial charge in [-0.1, -0.05) is 6.07 Å². The van der Waals surface area contributed by atoms with Crippen molar-refractivity contribution in [1.29, 1.82) is 0 Å². The van der Waals surface area contributed by atoms with Gasteiger partial charge in [-0.25, -0.2) is 12.8 Å². The van der Waals surface area contributed by atoms with Crippen LogP contribution in [0.2, 0.25) is 0 Å². The molecule has 0 spiro atoms.